The summed E-state index contributed by atoms with van der Waals surface area (Å²) in [6, 6.07) is 8.94. The maximum Gasteiger partial charge on any atom is 0.0403 e. The summed E-state index contributed by atoms with van der Waals surface area (Å²) in [4.78, 5) is 9.06. The number of rotatable bonds is 8. The Labute approximate surface area is 153 Å². The van der Waals surface area contributed by atoms with Crippen molar-refractivity contribution in [3.63, 3.8) is 0 Å². The molecule has 2 rings (SSSR count). The van der Waals surface area contributed by atoms with Crippen molar-refractivity contribution >= 4 is 17.5 Å². The lowest BCUT2D eigenvalue weighted by atomic mass is 9.86. The van der Waals surface area contributed by atoms with Gasteiger partial charge in [0.2, 0.25) is 0 Å². The molecule has 0 aromatic heterocycles. The molecule has 0 spiro atoms. The predicted molar refractivity (Wildman–Crippen MR) is 111 cm³/mol. The lowest BCUT2D eigenvalue weighted by molar-refractivity contribution is 0.604. The molecule has 134 valence electrons. The van der Waals surface area contributed by atoms with E-state index >= 15 is 0 Å². The summed E-state index contributed by atoms with van der Waals surface area (Å²) in [6.45, 7) is 10.7. The average Bonchev–Trinajstić information content (AvgIpc) is 3.08. The molecule has 0 saturated carbocycles. The van der Waals surface area contributed by atoms with Gasteiger partial charge in [0.1, 0.15) is 0 Å². The van der Waals surface area contributed by atoms with Crippen LogP contribution in [0.15, 0.2) is 52.2 Å². The van der Waals surface area contributed by atoms with E-state index < -0.39 is 0 Å². The Morgan fingerprint density at radius 1 is 1.24 bits per heavy atom. The van der Waals surface area contributed by atoms with Crippen molar-refractivity contribution in [1.82, 2.24) is 0 Å². The van der Waals surface area contributed by atoms with Crippen LogP contribution < -0.4 is 0 Å². The maximum atomic E-state index is 4.67. The van der Waals surface area contributed by atoms with Gasteiger partial charge in [0.05, 0.1) is 0 Å². The largest absolute Gasteiger partial charge is 0.266 e. The molecule has 1 heterocycles. The monoisotopic (exact) mass is 336 g/mol. The van der Waals surface area contributed by atoms with Crippen LogP contribution in [-0.4, -0.2) is 11.9 Å². The van der Waals surface area contributed by atoms with Gasteiger partial charge in [-0.2, -0.15) is 0 Å². The molecule has 0 N–H and O–H groups in total. The van der Waals surface area contributed by atoms with E-state index in [2.05, 4.69) is 68.0 Å². The zero-order chi connectivity index (χ0) is 18.2. The molecule has 2 unspecified atom stereocenters. The maximum absolute atomic E-state index is 4.67. The van der Waals surface area contributed by atoms with E-state index in [-0.39, 0.29) is 0 Å². The first-order chi connectivity index (χ1) is 12.1. The molecule has 1 aliphatic heterocycles. The van der Waals surface area contributed by atoms with Crippen LogP contribution in [0.25, 0.3) is 5.57 Å². The van der Waals surface area contributed by atoms with Crippen molar-refractivity contribution in [3.8, 4) is 0 Å². The van der Waals surface area contributed by atoms with E-state index in [1.165, 1.54) is 41.7 Å². The van der Waals surface area contributed by atoms with E-state index in [9.17, 15) is 0 Å². The Hall–Kier alpha value is -1.96. The fraction of sp³-hybridized carbons (Fsp3) is 0.478. The van der Waals surface area contributed by atoms with Crippen LogP contribution in [-0.2, 0) is 6.42 Å². The molecular formula is C23H32N2. The zero-order valence-corrected chi connectivity index (χ0v) is 16.4. The summed E-state index contributed by atoms with van der Waals surface area (Å²) in [6.07, 6.45) is 10.9. The SMILES string of the molecule is C/C=N\C(C)=C(/C)c1ccc(CC2C=CN=C2C(C)CCCC)cc1. The molecule has 2 heteroatoms. The molecule has 0 saturated heterocycles. The van der Waals surface area contributed by atoms with E-state index in [1.54, 1.807) is 0 Å². The second-order valence-corrected chi connectivity index (χ2v) is 7.04. The molecule has 0 bridgehead atoms. The number of allylic oxidation sites excluding steroid dienone is 3. The van der Waals surface area contributed by atoms with Gasteiger partial charge in [0, 0.05) is 29.7 Å². The van der Waals surface area contributed by atoms with E-state index in [0.29, 0.717) is 11.8 Å². The third kappa shape index (κ3) is 5.26. The fourth-order valence-electron chi connectivity index (χ4n) is 3.39. The van der Waals surface area contributed by atoms with Gasteiger partial charge in [0.15, 0.2) is 0 Å². The molecule has 1 aromatic rings. The average molecular weight is 337 g/mol. The number of hydrogen-bond acceptors (Lipinski definition) is 2. The number of hydrogen-bond donors (Lipinski definition) is 0. The van der Waals surface area contributed by atoms with Gasteiger partial charge in [0.25, 0.3) is 0 Å². The predicted octanol–water partition coefficient (Wildman–Crippen LogP) is 6.48. The first-order valence-corrected chi connectivity index (χ1v) is 9.56. The van der Waals surface area contributed by atoms with E-state index in [1.807, 2.05) is 19.3 Å². The minimum atomic E-state index is 0.459. The molecule has 2 nitrogen and oxygen atoms in total. The van der Waals surface area contributed by atoms with Crippen LogP contribution in [0.1, 0.15) is 65.0 Å². The van der Waals surface area contributed by atoms with Crippen LogP contribution in [0.4, 0.5) is 0 Å². The Kier molecular flexibility index (Phi) is 7.36. The Morgan fingerprint density at radius 3 is 2.60 bits per heavy atom. The van der Waals surface area contributed by atoms with Crippen LogP contribution in [0, 0.1) is 11.8 Å². The number of nitrogens with zero attached hydrogens (tertiary/aromatic N) is 2. The van der Waals surface area contributed by atoms with Crippen LogP contribution in [0.2, 0.25) is 0 Å². The molecular weight excluding hydrogens is 304 g/mol. The number of unbranched alkanes of at least 4 members (excludes halogenated alkanes) is 1. The normalized spacial score (nSPS) is 19.2. The molecule has 0 radical (unpaired) electrons. The van der Waals surface area contributed by atoms with Crippen molar-refractivity contribution in [2.45, 2.75) is 60.3 Å². The number of aliphatic imine (C=N–C) groups is 2. The highest BCUT2D eigenvalue weighted by atomic mass is 14.8. The third-order valence-electron chi connectivity index (χ3n) is 5.13. The molecule has 1 aromatic carbocycles. The Bertz CT molecular complexity index is 675. The lowest BCUT2D eigenvalue weighted by Gasteiger charge is -2.18. The summed E-state index contributed by atoms with van der Waals surface area (Å²) in [7, 11) is 0. The number of benzene rings is 1. The Balaban J connectivity index is 2.05. The van der Waals surface area contributed by atoms with Gasteiger partial charge in [-0.1, -0.05) is 57.0 Å². The summed E-state index contributed by atoms with van der Waals surface area (Å²) in [5.41, 5.74) is 6.30. The van der Waals surface area contributed by atoms with Gasteiger partial charge in [-0.05, 0) is 56.2 Å². The van der Waals surface area contributed by atoms with Gasteiger partial charge < -0.3 is 0 Å². The minimum absolute atomic E-state index is 0.459. The third-order valence-corrected chi connectivity index (χ3v) is 5.13. The highest BCUT2D eigenvalue weighted by Gasteiger charge is 2.22. The molecule has 0 amide bonds. The van der Waals surface area contributed by atoms with Crippen molar-refractivity contribution in [2.75, 3.05) is 0 Å². The highest BCUT2D eigenvalue weighted by Crippen LogP contribution is 2.25. The topological polar surface area (TPSA) is 24.7 Å². The van der Waals surface area contributed by atoms with Gasteiger partial charge >= 0.3 is 0 Å². The van der Waals surface area contributed by atoms with Gasteiger partial charge in [-0.3, -0.25) is 9.98 Å². The van der Waals surface area contributed by atoms with E-state index in [0.717, 1.165) is 12.1 Å². The first-order valence-electron chi connectivity index (χ1n) is 9.56. The quantitative estimate of drug-likeness (QED) is 0.485. The smallest absolute Gasteiger partial charge is 0.0403 e. The van der Waals surface area contributed by atoms with Crippen molar-refractivity contribution in [2.24, 2.45) is 21.8 Å². The second-order valence-electron chi connectivity index (χ2n) is 7.04. The van der Waals surface area contributed by atoms with Crippen LogP contribution >= 0.6 is 0 Å². The summed E-state index contributed by atoms with van der Waals surface area (Å²) in [5, 5.41) is 0. The van der Waals surface area contributed by atoms with Crippen LogP contribution in [0.3, 0.4) is 0 Å². The summed E-state index contributed by atoms with van der Waals surface area (Å²) in [5.74, 6) is 1.04. The molecule has 1 aliphatic rings. The lowest BCUT2D eigenvalue weighted by Crippen LogP contribution is -2.20. The Morgan fingerprint density at radius 2 is 1.96 bits per heavy atom. The van der Waals surface area contributed by atoms with Crippen molar-refractivity contribution in [1.29, 1.82) is 0 Å². The molecule has 2 atom stereocenters. The zero-order valence-electron chi connectivity index (χ0n) is 16.4. The van der Waals surface area contributed by atoms with Crippen molar-refractivity contribution < 1.29 is 0 Å². The fourth-order valence-corrected chi connectivity index (χ4v) is 3.39. The van der Waals surface area contributed by atoms with Gasteiger partial charge in [-0.15, -0.1) is 0 Å². The standard InChI is InChI=1S/C23H32N2/c1-6-8-9-17(3)23-22(14-15-25-23)16-20-10-12-21(13-11-20)18(4)19(5)24-7-2/h7,10-15,17,22H,6,8-9,16H2,1-5H3/b19-18+,24-7-. The molecule has 25 heavy (non-hydrogen) atoms. The van der Waals surface area contributed by atoms with Crippen molar-refractivity contribution in [3.05, 3.63) is 53.4 Å². The summed E-state index contributed by atoms with van der Waals surface area (Å²) < 4.78 is 0. The minimum Gasteiger partial charge on any atom is -0.266 e. The van der Waals surface area contributed by atoms with Gasteiger partial charge in [-0.25, -0.2) is 0 Å². The molecule has 0 fully saturated rings. The first kappa shape index (κ1) is 19.4. The van der Waals surface area contributed by atoms with Crippen LogP contribution in [0.5, 0.6) is 0 Å². The highest BCUT2D eigenvalue weighted by molar-refractivity contribution is 5.92. The molecule has 0 aliphatic carbocycles. The summed E-state index contributed by atoms with van der Waals surface area (Å²) >= 11 is 0. The second kappa shape index (κ2) is 9.50. The van der Waals surface area contributed by atoms with E-state index in [4.69, 9.17) is 0 Å².